The molecule has 0 saturated carbocycles. The third-order valence-electron chi connectivity index (χ3n) is 2.88. The fraction of sp³-hybridized carbons (Fsp3) is 0.250. The number of pyridine rings is 1. The molecular formula is C16H18N2O4. The number of hydrogen-bond acceptors (Lipinski definition) is 5. The van der Waals surface area contributed by atoms with Crippen molar-refractivity contribution in [1.82, 2.24) is 10.3 Å². The van der Waals surface area contributed by atoms with Crippen molar-refractivity contribution in [3.63, 3.8) is 0 Å². The molecular weight excluding hydrogens is 284 g/mol. The number of methoxy groups -OCH3 is 2. The zero-order valence-electron chi connectivity index (χ0n) is 12.5. The van der Waals surface area contributed by atoms with Crippen molar-refractivity contribution >= 4 is 5.91 Å². The van der Waals surface area contributed by atoms with Gasteiger partial charge in [-0.05, 0) is 18.2 Å². The van der Waals surface area contributed by atoms with Gasteiger partial charge in [0.05, 0.1) is 7.11 Å². The highest BCUT2D eigenvalue weighted by Gasteiger charge is 2.10. The summed E-state index contributed by atoms with van der Waals surface area (Å²) in [7, 11) is 3.05. The van der Waals surface area contributed by atoms with Crippen LogP contribution in [0, 0.1) is 0 Å². The summed E-state index contributed by atoms with van der Waals surface area (Å²) in [6, 6.07) is 10.9. The molecule has 0 unspecified atom stereocenters. The van der Waals surface area contributed by atoms with Crippen LogP contribution >= 0.6 is 0 Å². The Labute approximate surface area is 129 Å². The number of ether oxygens (including phenoxy) is 3. The Hall–Kier alpha value is -2.60. The average molecular weight is 302 g/mol. The highest BCUT2D eigenvalue weighted by Crippen LogP contribution is 2.31. The van der Waals surface area contributed by atoms with Gasteiger partial charge in [0, 0.05) is 25.4 Å². The molecule has 1 aromatic heterocycles. The first-order valence-electron chi connectivity index (χ1n) is 6.75. The molecule has 0 radical (unpaired) electrons. The van der Waals surface area contributed by atoms with E-state index in [2.05, 4.69) is 10.3 Å². The van der Waals surface area contributed by atoms with E-state index in [0.29, 0.717) is 23.9 Å². The molecule has 0 spiro atoms. The number of aromatic nitrogens is 1. The third kappa shape index (κ3) is 4.20. The Morgan fingerprint density at radius 1 is 1.14 bits per heavy atom. The number of benzene rings is 1. The van der Waals surface area contributed by atoms with E-state index in [0.717, 1.165) is 5.56 Å². The summed E-state index contributed by atoms with van der Waals surface area (Å²) in [6.07, 6.45) is 1.63. The fourth-order valence-electron chi connectivity index (χ4n) is 1.83. The number of rotatable bonds is 7. The lowest BCUT2D eigenvalue weighted by molar-refractivity contribution is -0.124. The van der Waals surface area contributed by atoms with Crippen LogP contribution in [0.4, 0.5) is 0 Å². The number of carbonyl (C=O) groups excluding carboxylic acids is 1. The van der Waals surface area contributed by atoms with Crippen molar-refractivity contribution in [3.8, 4) is 17.4 Å². The SMILES string of the molecule is COCC(=O)NCc1cccnc1Oc1ccccc1OC. The van der Waals surface area contributed by atoms with Crippen LogP contribution in [0.25, 0.3) is 0 Å². The van der Waals surface area contributed by atoms with Crippen molar-refractivity contribution in [2.75, 3.05) is 20.8 Å². The van der Waals surface area contributed by atoms with Crippen LogP contribution in [0.15, 0.2) is 42.6 Å². The van der Waals surface area contributed by atoms with Crippen molar-refractivity contribution in [1.29, 1.82) is 0 Å². The lowest BCUT2D eigenvalue weighted by Gasteiger charge is -2.12. The van der Waals surface area contributed by atoms with E-state index in [-0.39, 0.29) is 12.5 Å². The monoisotopic (exact) mass is 302 g/mol. The van der Waals surface area contributed by atoms with E-state index in [4.69, 9.17) is 14.2 Å². The van der Waals surface area contributed by atoms with E-state index in [9.17, 15) is 4.79 Å². The quantitative estimate of drug-likeness (QED) is 0.848. The lowest BCUT2D eigenvalue weighted by atomic mass is 10.2. The summed E-state index contributed by atoms with van der Waals surface area (Å²) in [6.45, 7) is 0.323. The number of amides is 1. The number of para-hydroxylation sites is 2. The molecule has 1 amide bonds. The van der Waals surface area contributed by atoms with Gasteiger partial charge in [-0.25, -0.2) is 4.98 Å². The normalized spacial score (nSPS) is 10.1. The molecule has 1 aromatic carbocycles. The predicted octanol–water partition coefficient (Wildman–Crippen LogP) is 2.15. The summed E-state index contributed by atoms with van der Waals surface area (Å²) < 4.78 is 15.8. The number of nitrogens with zero attached hydrogens (tertiary/aromatic N) is 1. The minimum Gasteiger partial charge on any atom is -0.493 e. The van der Waals surface area contributed by atoms with Crippen LogP contribution in [0.1, 0.15) is 5.56 Å². The van der Waals surface area contributed by atoms with Gasteiger partial charge in [0.15, 0.2) is 11.5 Å². The summed E-state index contributed by atoms with van der Waals surface area (Å²) in [5.74, 6) is 1.40. The number of carbonyl (C=O) groups is 1. The Balaban J connectivity index is 2.12. The van der Waals surface area contributed by atoms with Crippen LogP contribution < -0.4 is 14.8 Å². The van der Waals surface area contributed by atoms with E-state index in [1.165, 1.54) is 7.11 Å². The van der Waals surface area contributed by atoms with Gasteiger partial charge in [-0.1, -0.05) is 18.2 Å². The van der Waals surface area contributed by atoms with E-state index in [1.54, 1.807) is 31.5 Å². The summed E-state index contributed by atoms with van der Waals surface area (Å²) >= 11 is 0. The van der Waals surface area contributed by atoms with Gasteiger partial charge in [0.1, 0.15) is 6.61 Å². The van der Waals surface area contributed by atoms with Crippen LogP contribution in [0.5, 0.6) is 17.4 Å². The molecule has 6 heteroatoms. The van der Waals surface area contributed by atoms with Crippen LogP contribution in [-0.4, -0.2) is 31.7 Å². The van der Waals surface area contributed by atoms with E-state index in [1.807, 2.05) is 18.2 Å². The summed E-state index contributed by atoms with van der Waals surface area (Å²) in [5.41, 5.74) is 0.762. The van der Waals surface area contributed by atoms with Gasteiger partial charge in [-0.2, -0.15) is 0 Å². The minimum absolute atomic E-state index is 0.0168. The van der Waals surface area contributed by atoms with Gasteiger partial charge in [-0.3, -0.25) is 4.79 Å². The average Bonchev–Trinajstić information content (AvgIpc) is 2.55. The second kappa shape index (κ2) is 7.99. The van der Waals surface area contributed by atoms with Crippen LogP contribution in [0.3, 0.4) is 0 Å². The standard InChI is InChI=1S/C16H18N2O4/c1-20-11-15(19)18-10-12-6-5-9-17-16(12)22-14-8-4-3-7-13(14)21-2/h3-9H,10-11H2,1-2H3,(H,18,19). The molecule has 6 nitrogen and oxygen atoms in total. The molecule has 0 aliphatic carbocycles. The number of hydrogen-bond donors (Lipinski definition) is 1. The largest absolute Gasteiger partial charge is 0.493 e. The van der Waals surface area contributed by atoms with Gasteiger partial charge in [-0.15, -0.1) is 0 Å². The maximum atomic E-state index is 11.5. The maximum Gasteiger partial charge on any atom is 0.246 e. The molecule has 116 valence electrons. The van der Waals surface area contributed by atoms with Gasteiger partial charge >= 0.3 is 0 Å². The smallest absolute Gasteiger partial charge is 0.246 e. The molecule has 0 bridgehead atoms. The van der Waals surface area contributed by atoms with E-state index < -0.39 is 0 Å². The van der Waals surface area contributed by atoms with Gasteiger partial charge < -0.3 is 19.5 Å². The molecule has 2 rings (SSSR count). The topological polar surface area (TPSA) is 69.7 Å². The lowest BCUT2D eigenvalue weighted by Crippen LogP contribution is -2.26. The molecule has 0 aliphatic rings. The van der Waals surface area contributed by atoms with E-state index >= 15 is 0 Å². The molecule has 0 aliphatic heterocycles. The third-order valence-corrected chi connectivity index (χ3v) is 2.88. The molecule has 0 fully saturated rings. The zero-order chi connectivity index (χ0) is 15.8. The number of nitrogens with one attached hydrogen (secondary N) is 1. The minimum atomic E-state index is -0.199. The first kappa shape index (κ1) is 15.8. The molecule has 1 N–H and O–H groups in total. The second-order valence-electron chi connectivity index (χ2n) is 4.43. The highest BCUT2D eigenvalue weighted by atomic mass is 16.5. The molecule has 0 saturated heterocycles. The van der Waals surface area contributed by atoms with Gasteiger partial charge in [0.2, 0.25) is 11.8 Å². The summed E-state index contributed by atoms with van der Waals surface area (Å²) in [5, 5.41) is 2.74. The van der Waals surface area contributed by atoms with Crippen LogP contribution in [-0.2, 0) is 16.1 Å². The molecule has 2 aromatic rings. The van der Waals surface area contributed by atoms with Crippen LogP contribution in [0.2, 0.25) is 0 Å². The second-order valence-corrected chi connectivity index (χ2v) is 4.43. The Morgan fingerprint density at radius 3 is 2.64 bits per heavy atom. The van der Waals surface area contributed by atoms with Crippen molar-refractivity contribution < 1.29 is 19.0 Å². The fourth-order valence-corrected chi connectivity index (χ4v) is 1.83. The first-order chi connectivity index (χ1) is 10.7. The Morgan fingerprint density at radius 2 is 1.91 bits per heavy atom. The Kier molecular flexibility index (Phi) is 5.73. The molecule has 1 heterocycles. The predicted molar refractivity (Wildman–Crippen MR) is 81.0 cm³/mol. The van der Waals surface area contributed by atoms with Crippen molar-refractivity contribution in [2.24, 2.45) is 0 Å². The summed E-state index contributed by atoms with van der Waals surface area (Å²) in [4.78, 5) is 15.7. The zero-order valence-corrected chi connectivity index (χ0v) is 12.5. The highest BCUT2D eigenvalue weighted by molar-refractivity contribution is 5.77. The first-order valence-corrected chi connectivity index (χ1v) is 6.75. The van der Waals surface area contributed by atoms with Crippen molar-refractivity contribution in [3.05, 3.63) is 48.2 Å². The Bertz CT molecular complexity index is 631. The van der Waals surface area contributed by atoms with Gasteiger partial charge in [0.25, 0.3) is 0 Å². The molecule has 0 atom stereocenters. The molecule has 22 heavy (non-hydrogen) atoms. The maximum absolute atomic E-state index is 11.5. The van der Waals surface area contributed by atoms with Crippen molar-refractivity contribution in [2.45, 2.75) is 6.54 Å².